The molecule has 0 aliphatic carbocycles. The van der Waals surface area contributed by atoms with E-state index in [1.54, 1.807) is 0 Å². The van der Waals surface area contributed by atoms with Crippen molar-refractivity contribution in [3.63, 3.8) is 0 Å². The number of nitrogen functional groups attached to an aromatic ring is 1. The van der Waals surface area contributed by atoms with Crippen LogP contribution in [-0.2, 0) is 0 Å². The van der Waals surface area contributed by atoms with E-state index in [-0.39, 0.29) is 12.4 Å². The number of nitrogens with zero attached hydrogens (tertiary/aromatic N) is 3. The third-order valence-corrected chi connectivity index (χ3v) is 1.25. The van der Waals surface area contributed by atoms with Crippen molar-refractivity contribution in [2.24, 2.45) is 0 Å². The Morgan fingerprint density at radius 2 is 2.09 bits per heavy atom. The molecule has 0 atom stereocenters. The molecule has 2 aromatic rings. The first kappa shape index (κ1) is 7.74. The van der Waals surface area contributed by atoms with Crippen LogP contribution in [0, 0.1) is 0 Å². The van der Waals surface area contributed by atoms with Crippen molar-refractivity contribution in [2.45, 2.75) is 0 Å². The van der Waals surface area contributed by atoms with E-state index >= 15 is 0 Å². The highest BCUT2D eigenvalue weighted by molar-refractivity contribution is 5.85. The third kappa shape index (κ3) is 1.10. The Balaban J connectivity index is 0.000000605. The van der Waals surface area contributed by atoms with Crippen molar-refractivity contribution in [1.29, 1.82) is 0 Å². The lowest BCUT2D eigenvalue weighted by molar-refractivity contribution is 1.21. The summed E-state index contributed by atoms with van der Waals surface area (Å²) in [6, 6.07) is 0. The van der Waals surface area contributed by atoms with Crippen molar-refractivity contribution >= 4 is 29.4 Å². The second-order valence-electron chi connectivity index (χ2n) is 1.86. The van der Waals surface area contributed by atoms with Gasteiger partial charge in [0, 0.05) is 0 Å². The second-order valence-corrected chi connectivity index (χ2v) is 1.86. The summed E-state index contributed by atoms with van der Waals surface area (Å²) in [7, 11) is 0. The van der Waals surface area contributed by atoms with Crippen LogP contribution in [0.25, 0.3) is 11.2 Å². The Bertz CT molecular complexity index is 356. The molecule has 2 heterocycles. The quantitative estimate of drug-likeness (QED) is 0.607. The average molecular weight is 177 g/mol. The fourth-order valence-corrected chi connectivity index (χ4v) is 0.784. The molecule has 5 nitrogen and oxygen atoms in total. The van der Waals surface area contributed by atoms with Crippen molar-refractivity contribution in [2.75, 3.05) is 5.73 Å². The summed E-state index contributed by atoms with van der Waals surface area (Å²) in [5, 5.41) is 0. The SMILES string of the molecule is Cl.N[13c]1n[13cH]n[13c]2n[13cH][nH][13c]12. The summed E-state index contributed by atoms with van der Waals surface area (Å²) in [4.78, 5) is 14.4. The van der Waals surface area contributed by atoms with Gasteiger partial charge in [-0.25, -0.2) is 15.0 Å². The first-order chi connectivity index (χ1) is 4.88. The van der Waals surface area contributed by atoms with Gasteiger partial charge in [-0.3, -0.25) is 0 Å². The molecule has 0 saturated carbocycles. The van der Waals surface area contributed by atoms with E-state index in [4.69, 9.17) is 5.73 Å². The van der Waals surface area contributed by atoms with Gasteiger partial charge >= 0.3 is 0 Å². The molecule has 11 heavy (non-hydrogen) atoms. The molecule has 0 aliphatic rings. The molecule has 0 radical (unpaired) electrons. The third-order valence-electron chi connectivity index (χ3n) is 1.25. The largest absolute Gasteiger partial charge is 0.382 e. The van der Waals surface area contributed by atoms with Gasteiger partial charge in [0.15, 0.2) is 11.5 Å². The second kappa shape index (κ2) is 2.71. The van der Waals surface area contributed by atoms with Crippen molar-refractivity contribution in [3.8, 4) is 0 Å². The predicted molar refractivity (Wildman–Crippen MR) is 43.3 cm³/mol. The molecular formula is C5H6ClN5. The smallest absolute Gasteiger partial charge is 0.182 e. The Kier molecular flexibility index (Phi) is 1.91. The van der Waals surface area contributed by atoms with Crippen LogP contribution < -0.4 is 5.73 Å². The van der Waals surface area contributed by atoms with E-state index in [1.165, 1.54) is 12.7 Å². The molecule has 0 bridgehead atoms. The molecule has 58 valence electrons. The zero-order chi connectivity index (χ0) is 6.97. The number of nitrogens with two attached hydrogens (primary N) is 1. The number of aromatic nitrogens is 4. The first-order valence-electron chi connectivity index (χ1n) is 2.77. The number of imidazole rings is 1. The molecule has 3 N–H and O–H groups in total. The van der Waals surface area contributed by atoms with Gasteiger partial charge in [-0.2, -0.15) is 0 Å². The Hall–Kier alpha value is -1.36. The summed E-state index contributed by atoms with van der Waals surface area (Å²) in [6.07, 6.45) is 2.92. The van der Waals surface area contributed by atoms with Gasteiger partial charge in [-0.15, -0.1) is 12.4 Å². The van der Waals surface area contributed by atoms with Crippen LogP contribution in [0.5, 0.6) is 0 Å². The highest BCUT2D eigenvalue weighted by Gasteiger charge is 1.99. The van der Waals surface area contributed by atoms with E-state index < -0.39 is 0 Å². The highest BCUT2D eigenvalue weighted by atomic mass is 35.5. The number of hydrogen-bond acceptors (Lipinski definition) is 4. The van der Waals surface area contributed by atoms with Crippen molar-refractivity contribution < 1.29 is 0 Å². The average Bonchev–Trinajstić information content (AvgIpc) is 2.36. The molecule has 0 aliphatic heterocycles. The van der Waals surface area contributed by atoms with Gasteiger partial charge in [0.25, 0.3) is 0 Å². The fraction of sp³-hybridized carbons (Fsp3) is 0. The maximum atomic E-state index is 5.48. The standard InChI is InChI=1S/C5H5N5.ClH/c6-4-3-5(9-1-7-3)10-2-8-4;/h1-2H,(H3,6,7,8,9,10);1H/i1+1,2+1,3+1,4+1,5+1;. The van der Waals surface area contributed by atoms with E-state index in [2.05, 4.69) is 19.9 Å². The van der Waals surface area contributed by atoms with Crippen LogP contribution in [0.3, 0.4) is 0 Å². The minimum absolute atomic E-state index is 0. The van der Waals surface area contributed by atoms with Crippen molar-refractivity contribution in [1.82, 2.24) is 19.9 Å². The fourth-order valence-electron chi connectivity index (χ4n) is 0.784. The molecule has 2 rings (SSSR count). The van der Waals surface area contributed by atoms with E-state index in [1.807, 2.05) is 0 Å². The van der Waals surface area contributed by atoms with E-state index in [0.717, 1.165) is 0 Å². The molecule has 2 aromatic heterocycles. The molecule has 0 amide bonds. The lowest BCUT2D eigenvalue weighted by Gasteiger charge is -1.89. The van der Waals surface area contributed by atoms with Gasteiger partial charge in [0.2, 0.25) is 0 Å². The zero-order valence-electron chi connectivity index (χ0n) is 5.48. The molecule has 0 aromatic carbocycles. The number of H-pyrrole nitrogens is 1. The van der Waals surface area contributed by atoms with Gasteiger partial charge < -0.3 is 10.7 Å². The van der Waals surface area contributed by atoms with E-state index in [9.17, 15) is 0 Å². The Morgan fingerprint density at radius 3 is 2.82 bits per heavy atom. The van der Waals surface area contributed by atoms with Crippen LogP contribution in [0.1, 0.15) is 0 Å². The van der Waals surface area contributed by atoms with Gasteiger partial charge in [0.1, 0.15) is 11.8 Å². The summed E-state index contributed by atoms with van der Waals surface area (Å²) in [5.41, 5.74) is 6.78. The van der Waals surface area contributed by atoms with Crippen LogP contribution >= 0.6 is 12.4 Å². The number of rotatable bonds is 0. The Labute approximate surface area is 68.5 Å². The van der Waals surface area contributed by atoms with Crippen LogP contribution in [-0.4, -0.2) is 19.9 Å². The number of fused-ring (bicyclic) bond motifs is 1. The lowest BCUT2D eigenvalue weighted by atomic mass is 11.4. The van der Waals surface area contributed by atoms with Crippen LogP contribution in [0.2, 0.25) is 0 Å². The molecule has 0 fully saturated rings. The minimum Gasteiger partial charge on any atom is -0.382 e. The molecule has 0 spiro atoms. The molecule has 0 unspecified atom stereocenters. The van der Waals surface area contributed by atoms with Gasteiger partial charge in [-0.05, 0) is 0 Å². The normalized spacial score (nSPS) is 9.45. The molecule has 0 saturated heterocycles. The number of hydrogen-bond donors (Lipinski definition) is 2. The van der Waals surface area contributed by atoms with Gasteiger partial charge in [-0.1, -0.05) is 0 Å². The van der Waals surface area contributed by atoms with Crippen LogP contribution in [0.4, 0.5) is 5.82 Å². The number of halogens is 1. The molecule has 6 heteroatoms. The summed E-state index contributed by atoms with van der Waals surface area (Å²) >= 11 is 0. The zero-order valence-corrected chi connectivity index (χ0v) is 6.30. The topological polar surface area (TPSA) is 80.5 Å². The maximum absolute atomic E-state index is 5.48. The summed E-state index contributed by atoms with van der Waals surface area (Å²) < 4.78 is 0. The maximum Gasteiger partial charge on any atom is 0.182 e. The summed E-state index contributed by atoms with van der Waals surface area (Å²) in [6.45, 7) is 0. The number of anilines is 1. The summed E-state index contributed by atoms with van der Waals surface area (Å²) in [5.74, 6) is 0.433. The first-order valence-corrected chi connectivity index (χ1v) is 2.77. The predicted octanol–water partition coefficient (Wildman–Crippen LogP) is 0.357. The number of aromatic amines is 1. The molecular weight excluding hydrogens is 171 g/mol. The van der Waals surface area contributed by atoms with Crippen molar-refractivity contribution in [3.05, 3.63) is 12.7 Å². The highest BCUT2D eigenvalue weighted by Crippen LogP contribution is 2.09. The monoisotopic (exact) mass is 176 g/mol. The number of nitrogens with one attached hydrogen (secondary N) is 1. The Morgan fingerprint density at radius 1 is 1.27 bits per heavy atom. The van der Waals surface area contributed by atoms with Crippen LogP contribution in [0.15, 0.2) is 12.7 Å². The van der Waals surface area contributed by atoms with Gasteiger partial charge in [0.05, 0.1) is 6.33 Å². The lowest BCUT2D eigenvalue weighted by Crippen LogP contribution is -1.91. The van der Waals surface area contributed by atoms with E-state index in [0.29, 0.717) is 17.0 Å². The minimum atomic E-state index is 0.